The molecule has 7 nitrogen and oxygen atoms in total. The van der Waals surface area contributed by atoms with E-state index in [-0.39, 0.29) is 23.9 Å². The zero-order valence-electron chi connectivity index (χ0n) is 15.9. The van der Waals surface area contributed by atoms with Crippen LogP contribution in [0.1, 0.15) is 5.56 Å². The van der Waals surface area contributed by atoms with Gasteiger partial charge in [0.2, 0.25) is 17.0 Å². The third kappa shape index (κ3) is 6.21. The normalized spacial score (nSPS) is 11.4. The van der Waals surface area contributed by atoms with Gasteiger partial charge in [0.05, 0.1) is 27.8 Å². The van der Waals surface area contributed by atoms with Gasteiger partial charge in [-0.1, -0.05) is 29.4 Å². The maximum atomic E-state index is 12.9. The number of H-pyrrole nitrogens is 1. The molecule has 164 valence electrons. The summed E-state index contributed by atoms with van der Waals surface area (Å²) in [5.74, 6) is -0.423. The van der Waals surface area contributed by atoms with E-state index < -0.39 is 22.7 Å². The lowest BCUT2D eigenvalue weighted by atomic mass is 10.2. The van der Waals surface area contributed by atoms with Crippen molar-refractivity contribution in [3.05, 3.63) is 46.3 Å². The molecular formula is C18H15ClF3N5O2S2. The van der Waals surface area contributed by atoms with E-state index >= 15 is 0 Å². The SMILES string of the molecule is CN(CC(=O)Nc1ccc(Cl)c(C(F)(F)F)c1)C(=O)CSc1n[nH]c(-c2cccs2)n1. The summed E-state index contributed by atoms with van der Waals surface area (Å²) in [5, 5.41) is 11.0. The van der Waals surface area contributed by atoms with Gasteiger partial charge in [-0.05, 0) is 29.6 Å². The van der Waals surface area contributed by atoms with Crippen molar-refractivity contribution in [2.24, 2.45) is 0 Å². The molecule has 0 aliphatic rings. The van der Waals surface area contributed by atoms with Crippen molar-refractivity contribution in [2.75, 3.05) is 24.7 Å². The Morgan fingerprint density at radius 1 is 1.32 bits per heavy atom. The molecule has 3 aromatic rings. The molecule has 2 heterocycles. The highest BCUT2D eigenvalue weighted by molar-refractivity contribution is 7.99. The third-order valence-corrected chi connectivity index (χ3v) is 5.94. The summed E-state index contributed by atoms with van der Waals surface area (Å²) in [6.45, 7) is -0.336. The molecule has 0 aliphatic heterocycles. The molecule has 0 spiro atoms. The lowest BCUT2D eigenvalue weighted by Crippen LogP contribution is -2.36. The Kier molecular flexibility index (Phi) is 7.23. The van der Waals surface area contributed by atoms with Gasteiger partial charge in [0.25, 0.3) is 0 Å². The molecule has 0 atom stereocenters. The molecule has 1 aromatic carbocycles. The first-order valence-electron chi connectivity index (χ1n) is 8.63. The Hall–Kier alpha value is -2.57. The average molecular weight is 490 g/mol. The number of hydrogen-bond donors (Lipinski definition) is 2. The quantitative estimate of drug-likeness (QED) is 0.480. The number of likely N-dealkylation sites (N-methyl/N-ethyl adjacent to an activating group) is 1. The number of nitrogens with zero attached hydrogens (tertiary/aromatic N) is 3. The molecule has 0 saturated carbocycles. The second-order valence-electron chi connectivity index (χ2n) is 6.22. The van der Waals surface area contributed by atoms with Crippen molar-refractivity contribution in [3.63, 3.8) is 0 Å². The maximum absolute atomic E-state index is 12.9. The molecule has 3 rings (SSSR count). The van der Waals surface area contributed by atoms with Crippen molar-refractivity contribution in [2.45, 2.75) is 11.3 Å². The zero-order chi connectivity index (χ0) is 22.6. The molecule has 0 aliphatic carbocycles. The second-order valence-corrected chi connectivity index (χ2v) is 8.52. The van der Waals surface area contributed by atoms with Crippen LogP contribution in [-0.2, 0) is 15.8 Å². The number of amides is 2. The van der Waals surface area contributed by atoms with Crippen molar-refractivity contribution in [3.8, 4) is 10.7 Å². The topological polar surface area (TPSA) is 91.0 Å². The molecule has 2 amide bonds. The van der Waals surface area contributed by atoms with Gasteiger partial charge < -0.3 is 10.2 Å². The van der Waals surface area contributed by atoms with Gasteiger partial charge in [0, 0.05) is 12.7 Å². The smallest absolute Gasteiger partial charge is 0.336 e. The van der Waals surface area contributed by atoms with Gasteiger partial charge in [-0.3, -0.25) is 14.7 Å². The first-order chi connectivity index (χ1) is 14.6. The Morgan fingerprint density at radius 3 is 2.77 bits per heavy atom. The second kappa shape index (κ2) is 9.71. The number of aromatic nitrogens is 3. The van der Waals surface area contributed by atoms with Crippen LogP contribution < -0.4 is 5.32 Å². The highest BCUT2D eigenvalue weighted by Gasteiger charge is 2.33. The number of hydrogen-bond acceptors (Lipinski definition) is 6. The van der Waals surface area contributed by atoms with Crippen molar-refractivity contribution >= 4 is 52.2 Å². The summed E-state index contributed by atoms with van der Waals surface area (Å²) >= 11 is 8.16. The van der Waals surface area contributed by atoms with Crippen LogP contribution in [0.4, 0.5) is 18.9 Å². The Labute approximate surface area is 188 Å². The number of aromatic amines is 1. The van der Waals surface area contributed by atoms with E-state index in [4.69, 9.17) is 11.6 Å². The van der Waals surface area contributed by atoms with Crippen LogP contribution in [0.25, 0.3) is 10.7 Å². The van der Waals surface area contributed by atoms with Gasteiger partial charge >= 0.3 is 6.18 Å². The molecule has 2 aromatic heterocycles. The van der Waals surface area contributed by atoms with E-state index in [0.717, 1.165) is 33.7 Å². The minimum atomic E-state index is -4.65. The minimum absolute atomic E-state index is 0.00925. The largest absolute Gasteiger partial charge is 0.417 e. The van der Waals surface area contributed by atoms with Gasteiger partial charge in [-0.25, -0.2) is 4.98 Å². The fourth-order valence-electron chi connectivity index (χ4n) is 2.40. The summed E-state index contributed by atoms with van der Waals surface area (Å²) in [6.07, 6.45) is -4.65. The summed E-state index contributed by atoms with van der Waals surface area (Å²) in [7, 11) is 1.42. The first-order valence-corrected chi connectivity index (χ1v) is 10.9. The Balaban J connectivity index is 1.51. The first kappa shape index (κ1) is 23.1. The standard InChI is InChI=1S/C18H15ClF3N5O2S2/c1-27(8-14(28)23-10-4-5-12(19)11(7-10)18(20,21)22)15(29)9-31-17-24-16(25-26-17)13-3-2-6-30-13/h2-7H,8-9H2,1H3,(H,23,28)(H,24,25,26). The summed E-state index contributed by atoms with van der Waals surface area (Å²) in [5.41, 5.74) is -1.13. The molecule has 2 N–H and O–H groups in total. The number of halogens is 4. The number of alkyl halides is 3. The van der Waals surface area contributed by atoms with Crippen molar-refractivity contribution in [1.29, 1.82) is 0 Å². The molecule has 0 bridgehead atoms. The van der Waals surface area contributed by atoms with Gasteiger partial charge in [0.1, 0.15) is 0 Å². The van der Waals surface area contributed by atoms with Crippen molar-refractivity contribution < 1.29 is 22.8 Å². The van der Waals surface area contributed by atoms with E-state index in [1.54, 1.807) is 0 Å². The average Bonchev–Trinajstić information content (AvgIpc) is 3.38. The van der Waals surface area contributed by atoms with Crippen LogP contribution in [0.2, 0.25) is 5.02 Å². The number of anilines is 1. The lowest BCUT2D eigenvalue weighted by Gasteiger charge is -2.17. The Morgan fingerprint density at radius 2 is 2.10 bits per heavy atom. The number of nitrogens with one attached hydrogen (secondary N) is 2. The number of thioether (sulfide) groups is 1. The number of rotatable bonds is 7. The number of carbonyl (C=O) groups excluding carboxylic acids is 2. The Bertz CT molecular complexity index is 1070. The van der Waals surface area contributed by atoms with E-state index in [9.17, 15) is 22.8 Å². The van der Waals surface area contributed by atoms with Crippen molar-refractivity contribution in [1.82, 2.24) is 20.1 Å². The molecule has 31 heavy (non-hydrogen) atoms. The summed E-state index contributed by atoms with van der Waals surface area (Å²) in [6, 6.07) is 6.81. The number of benzene rings is 1. The maximum Gasteiger partial charge on any atom is 0.417 e. The summed E-state index contributed by atoms with van der Waals surface area (Å²) in [4.78, 5) is 30.8. The molecule has 0 fully saturated rings. The number of carbonyl (C=O) groups is 2. The highest BCUT2D eigenvalue weighted by atomic mass is 35.5. The van der Waals surface area contributed by atoms with E-state index in [1.165, 1.54) is 24.5 Å². The van der Waals surface area contributed by atoms with E-state index in [0.29, 0.717) is 11.0 Å². The summed E-state index contributed by atoms with van der Waals surface area (Å²) < 4.78 is 38.8. The molecular weight excluding hydrogens is 475 g/mol. The van der Waals surface area contributed by atoms with Crippen LogP contribution in [0, 0.1) is 0 Å². The van der Waals surface area contributed by atoms with Crippen LogP contribution in [-0.4, -0.2) is 51.2 Å². The predicted molar refractivity (Wildman–Crippen MR) is 113 cm³/mol. The van der Waals surface area contributed by atoms with Crippen LogP contribution in [0.3, 0.4) is 0 Å². The fourth-order valence-corrected chi connectivity index (χ4v) is 4.02. The zero-order valence-corrected chi connectivity index (χ0v) is 18.3. The fraction of sp³-hybridized carbons (Fsp3) is 0.222. The van der Waals surface area contributed by atoms with Gasteiger partial charge in [-0.15, -0.1) is 16.4 Å². The molecule has 0 unspecified atom stereocenters. The van der Waals surface area contributed by atoms with Gasteiger partial charge in [-0.2, -0.15) is 13.2 Å². The molecule has 0 radical (unpaired) electrons. The lowest BCUT2D eigenvalue weighted by molar-refractivity contribution is -0.137. The minimum Gasteiger partial charge on any atom is -0.336 e. The van der Waals surface area contributed by atoms with Gasteiger partial charge in [0.15, 0.2) is 5.82 Å². The predicted octanol–water partition coefficient (Wildman–Crippen LogP) is 4.39. The van der Waals surface area contributed by atoms with Crippen LogP contribution in [0.15, 0.2) is 40.9 Å². The number of thiophene rings is 1. The van der Waals surface area contributed by atoms with Crippen LogP contribution >= 0.6 is 34.7 Å². The molecule has 0 saturated heterocycles. The van der Waals surface area contributed by atoms with E-state index in [2.05, 4.69) is 20.5 Å². The third-order valence-electron chi connectivity index (χ3n) is 3.91. The van der Waals surface area contributed by atoms with Crippen LogP contribution in [0.5, 0.6) is 0 Å². The monoisotopic (exact) mass is 489 g/mol. The molecule has 13 heteroatoms. The van der Waals surface area contributed by atoms with E-state index in [1.807, 2.05) is 17.5 Å². The highest BCUT2D eigenvalue weighted by Crippen LogP contribution is 2.36.